The van der Waals surface area contributed by atoms with Crippen LogP contribution in [0.2, 0.25) is 0 Å². The van der Waals surface area contributed by atoms with Gasteiger partial charge in [-0.15, -0.1) is 5.10 Å². The van der Waals surface area contributed by atoms with E-state index in [-0.39, 0.29) is 0 Å². The van der Waals surface area contributed by atoms with Gasteiger partial charge in [0.15, 0.2) is 17.3 Å². The Morgan fingerprint density at radius 1 is 0.964 bits per heavy atom. The maximum atomic E-state index is 5.33. The molecule has 0 aliphatic carbocycles. The lowest BCUT2D eigenvalue weighted by atomic mass is 10.2. The van der Waals surface area contributed by atoms with Gasteiger partial charge in [-0.05, 0) is 42.0 Å². The van der Waals surface area contributed by atoms with Crippen molar-refractivity contribution in [1.29, 1.82) is 0 Å². The minimum absolute atomic E-state index is 0.426. The molecule has 0 atom stereocenters. The van der Waals surface area contributed by atoms with Crippen molar-refractivity contribution >= 4 is 23.1 Å². The Bertz CT molecular complexity index is 915. The molecule has 0 aliphatic heterocycles. The van der Waals surface area contributed by atoms with Crippen LogP contribution in [0.15, 0.2) is 48.7 Å². The topological polar surface area (TPSA) is 84.4 Å². The highest BCUT2D eigenvalue weighted by atomic mass is 16.5. The number of ether oxygens (including phenoxy) is 2. The van der Waals surface area contributed by atoms with Gasteiger partial charge < -0.3 is 25.0 Å². The summed E-state index contributed by atoms with van der Waals surface area (Å²) < 4.78 is 10.6. The Hall–Kier alpha value is -3.55. The summed E-state index contributed by atoms with van der Waals surface area (Å²) in [4.78, 5) is 6.50. The summed E-state index contributed by atoms with van der Waals surface area (Å²) >= 11 is 0. The van der Waals surface area contributed by atoms with E-state index in [0.717, 1.165) is 16.9 Å². The van der Waals surface area contributed by atoms with E-state index in [1.54, 1.807) is 20.4 Å². The first-order valence-corrected chi connectivity index (χ1v) is 8.78. The second kappa shape index (κ2) is 8.90. The molecule has 0 fully saturated rings. The summed E-state index contributed by atoms with van der Waals surface area (Å²) in [6.45, 7) is 0.565. The van der Waals surface area contributed by atoms with E-state index in [1.165, 1.54) is 0 Å². The molecule has 0 amide bonds. The van der Waals surface area contributed by atoms with Crippen molar-refractivity contribution in [3.8, 4) is 11.5 Å². The highest BCUT2D eigenvalue weighted by molar-refractivity contribution is 5.59. The number of hydrogen-bond acceptors (Lipinski definition) is 8. The van der Waals surface area contributed by atoms with Crippen LogP contribution in [0, 0.1) is 0 Å². The summed E-state index contributed by atoms with van der Waals surface area (Å²) in [5.41, 5.74) is 3.05. The normalized spacial score (nSPS) is 10.3. The van der Waals surface area contributed by atoms with Gasteiger partial charge in [-0.2, -0.15) is 10.1 Å². The van der Waals surface area contributed by atoms with Crippen molar-refractivity contribution in [2.45, 2.75) is 6.54 Å². The lowest BCUT2D eigenvalue weighted by molar-refractivity contribution is 0.354. The number of rotatable bonds is 8. The van der Waals surface area contributed by atoms with E-state index < -0.39 is 0 Å². The minimum atomic E-state index is 0.426. The third kappa shape index (κ3) is 4.79. The van der Waals surface area contributed by atoms with Crippen molar-refractivity contribution in [3.05, 3.63) is 54.2 Å². The first kappa shape index (κ1) is 19.2. The average molecular weight is 380 g/mol. The van der Waals surface area contributed by atoms with Crippen LogP contribution in [0.5, 0.6) is 11.5 Å². The van der Waals surface area contributed by atoms with E-state index in [2.05, 4.69) is 25.8 Å². The fourth-order valence-electron chi connectivity index (χ4n) is 2.60. The Morgan fingerprint density at radius 3 is 2.39 bits per heavy atom. The summed E-state index contributed by atoms with van der Waals surface area (Å²) in [7, 11) is 7.24. The number of hydrogen-bond donors (Lipinski definition) is 2. The first-order valence-electron chi connectivity index (χ1n) is 8.78. The molecule has 0 bridgehead atoms. The number of methoxy groups -OCH3 is 2. The molecule has 28 heavy (non-hydrogen) atoms. The van der Waals surface area contributed by atoms with Gasteiger partial charge in [0.25, 0.3) is 0 Å². The first-order chi connectivity index (χ1) is 13.6. The second-order valence-corrected chi connectivity index (χ2v) is 6.27. The van der Waals surface area contributed by atoms with Crippen molar-refractivity contribution in [1.82, 2.24) is 15.2 Å². The predicted molar refractivity (Wildman–Crippen MR) is 111 cm³/mol. The fourth-order valence-corrected chi connectivity index (χ4v) is 2.60. The van der Waals surface area contributed by atoms with Gasteiger partial charge in [0.1, 0.15) is 0 Å². The summed E-state index contributed by atoms with van der Waals surface area (Å²) in [6, 6.07) is 13.8. The van der Waals surface area contributed by atoms with Crippen LogP contribution >= 0.6 is 0 Å². The van der Waals surface area contributed by atoms with Gasteiger partial charge >= 0.3 is 0 Å². The smallest absolute Gasteiger partial charge is 0.249 e. The van der Waals surface area contributed by atoms with Gasteiger partial charge in [0.05, 0.1) is 20.4 Å². The van der Waals surface area contributed by atoms with Crippen LogP contribution in [0.3, 0.4) is 0 Å². The zero-order valence-electron chi connectivity index (χ0n) is 16.4. The van der Waals surface area contributed by atoms with Crippen LogP contribution in [0.4, 0.5) is 23.1 Å². The maximum Gasteiger partial charge on any atom is 0.249 e. The molecule has 8 nitrogen and oxygen atoms in total. The van der Waals surface area contributed by atoms with Gasteiger partial charge in [0, 0.05) is 32.0 Å². The molecule has 8 heteroatoms. The molecule has 2 aromatic carbocycles. The van der Waals surface area contributed by atoms with Crippen molar-refractivity contribution in [2.75, 3.05) is 43.8 Å². The number of nitrogens with zero attached hydrogens (tertiary/aromatic N) is 4. The lowest BCUT2D eigenvalue weighted by Gasteiger charge is -2.13. The van der Waals surface area contributed by atoms with Gasteiger partial charge in [-0.25, -0.2) is 0 Å². The monoisotopic (exact) mass is 380 g/mol. The molecule has 0 spiro atoms. The summed E-state index contributed by atoms with van der Waals surface area (Å²) in [5, 5.41) is 14.5. The summed E-state index contributed by atoms with van der Waals surface area (Å²) in [5.74, 6) is 2.43. The predicted octanol–water partition coefficient (Wildman–Crippen LogP) is 3.31. The Labute approximate surface area is 164 Å². The second-order valence-electron chi connectivity index (χ2n) is 6.27. The van der Waals surface area contributed by atoms with Crippen molar-refractivity contribution < 1.29 is 9.47 Å². The standard InChI is InChI=1S/C20H24N6O2/c1-26(2)16-8-6-15(7-9-16)23-20-24-19(13-22-25-20)21-12-14-5-10-17(27-3)18(11-14)28-4/h5-11,13H,12H2,1-4H3,(H2,21,23,24,25). The molecule has 1 heterocycles. The Morgan fingerprint density at radius 2 is 1.71 bits per heavy atom. The molecular weight excluding hydrogens is 356 g/mol. The van der Waals surface area contributed by atoms with E-state index in [9.17, 15) is 0 Å². The van der Waals surface area contributed by atoms with E-state index in [1.807, 2.05) is 61.5 Å². The third-order valence-corrected chi connectivity index (χ3v) is 4.12. The molecule has 3 aromatic rings. The fraction of sp³-hybridized carbons (Fsp3) is 0.250. The molecule has 0 saturated carbocycles. The molecule has 0 saturated heterocycles. The maximum absolute atomic E-state index is 5.33. The molecule has 0 radical (unpaired) electrons. The number of anilines is 4. The average Bonchev–Trinajstić information content (AvgIpc) is 2.72. The van der Waals surface area contributed by atoms with Crippen LogP contribution in [0.25, 0.3) is 0 Å². The van der Waals surface area contributed by atoms with Crippen LogP contribution < -0.4 is 25.0 Å². The van der Waals surface area contributed by atoms with Gasteiger partial charge in [-0.3, -0.25) is 0 Å². The van der Waals surface area contributed by atoms with Crippen LogP contribution in [0.1, 0.15) is 5.56 Å². The van der Waals surface area contributed by atoms with E-state index >= 15 is 0 Å². The lowest BCUT2D eigenvalue weighted by Crippen LogP contribution is -2.08. The van der Waals surface area contributed by atoms with Crippen molar-refractivity contribution in [3.63, 3.8) is 0 Å². The Balaban J connectivity index is 1.65. The molecule has 3 rings (SSSR count). The molecular formula is C20H24N6O2. The van der Waals surface area contributed by atoms with Crippen LogP contribution in [-0.4, -0.2) is 43.5 Å². The van der Waals surface area contributed by atoms with Gasteiger partial charge in [0.2, 0.25) is 5.95 Å². The summed E-state index contributed by atoms with van der Waals surface area (Å²) in [6.07, 6.45) is 1.58. The number of benzene rings is 2. The Kier molecular flexibility index (Phi) is 6.11. The molecule has 2 N–H and O–H groups in total. The van der Waals surface area contributed by atoms with Gasteiger partial charge in [-0.1, -0.05) is 6.07 Å². The molecule has 0 aliphatic rings. The zero-order valence-corrected chi connectivity index (χ0v) is 16.4. The quantitative estimate of drug-likeness (QED) is 0.616. The SMILES string of the molecule is COc1ccc(CNc2cnnc(Nc3ccc(N(C)C)cc3)n2)cc1OC. The van der Waals surface area contributed by atoms with E-state index in [0.29, 0.717) is 29.8 Å². The largest absolute Gasteiger partial charge is 0.493 e. The van der Waals surface area contributed by atoms with E-state index in [4.69, 9.17) is 9.47 Å². The zero-order chi connectivity index (χ0) is 19.9. The van der Waals surface area contributed by atoms with Crippen molar-refractivity contribution in [2.24, 2.45) is 0 Å². The minimum Gasteiger partial charge on any atom is -0.493 e. The highest BCUT2D eigenvalue weighted by Gasteiger charge is 2.06. The van der Waals surface area contributed by atoms with Crippen LogP contribution in [-0.2, 0) is 6.54 Å². The molecule has 146 valence electrons. The third-order valence-electron chi connectivity index (χ3n) is 4.12. The number of nitrogens with one attached hydrogen (secondary N) is 2. The molecule has 0 unspecified atom stereocenters. The highest BCUT2D eigenvalue weighted by Crippen LogP contribution is 2.27. The molecule has 1 aromatic heterocycles. The number of aromatic nitrogens is 3.